The molecule has 0 spiro atoms. The average Bonchev–Trinajstić information content (AvgIpc) is 2.51. The maximum atomic E-state index is 12.3. The lowest BCUT2D eigenvalue weighted by Crippen LogP contribution is -2.31. The van der Waals surface area contributed by atoms with Crippen LogP contribution in [0.2, 0.25) is 0 Å². The summed E-state index contributed by atoms with van der Waals surface area (Å²) in [5, 5.41) is 0. The van der Waals surface area contributed by atoms with Crippen molar-refractivity contribution in [3.8, 4) is 0 Å². The Kier molecular flexibility index (Phi) is 4.49. The third-order valence-electron chi connectivity index (χ3n) is 3.25. The molecule has 92 valence electrons. The van der Waals surface area contributed by atoms with E-state index < -0.39 is 0 Å². The molecule has 0 unspecified atom stereocenters. The molecular formula is C14H19NOS. The summed E-state index contributed by atoms with van der Waals surface area (Å²) in [6, 6.07) is 8.00. The van der Waals surface area contributed by atoms with Gasteiger partial charge in [0.2, 0.25) is 0 Å². The minimum Gasteiger partial charge on any atom is -0.339 e. The molecule has 1 amide bonds. The Bertz CT molecular complexity index is 392. The molecule has 3 heteroatoms. The Morgan fingerprint density at radius 2 is 2.06 bits per heavy atom. The molecule has 1 aliphatic rings. The van der Waals surface area contributed by atoms with Crippen molar-refractivity contribution in [3.05, 3.63) is 35.4 Å². The first-order valence-corrected chi connectivity index (χ1v) is 6.94. The lowest BCUT2D eigenvalue weighted by atomic mass is 10.0. The van der Waals surface area contributed by atoms with Crippen molar-refractivity contribution >= 4 is 18.5 Å². The molecule has 1 aromatic carbocycles. The molecule has 2 nitrogen and oxygen atoms in total. The van der Waals surface area contributed by atoms with Gasteiger partial charge in [-0.3, -0.25) is 4.79 Å². The Morgan fingerprint density at radius 3 is 2.88 bits per heavy atom. The summed E-state index contributed by atoms with van der Waals surface area (Å²) >= 11 is 4.20. The minimum absolute atomic E-state index is 0.206. The zero-order valence-corrected chi connectivity index (χ0v) is 11.0. The number of carbonyl (C=O) groups is 1. The Labute approximate surface area is 108 Å². The number of unbranched alkanes of at least 4 members (excludes halogenated alkanes) is 1. The molecular weight excluding hydrogens is 230 g/mol. The zero-order chi connectivity index (χ0) is 12.1. The van der Waals surface area contributed by atoms with Gasteiger partial charge < -0.3 is 4.90 Å². The largest absolute Gasteiger partial charge is 0.339 e. The van der Waals surface area contributed by atoms with Gasteiger partial charge >= 0.3 is 0 Å². The first-order chi connectivity index (χ1) is 8.33. The Balaban J connectivity index is 2.09. The van der Waals surface area contributed by atoms with Crippen LogP contribution in [0.15, 0.2) is 24.3 Å². The van der Waals surface area contributed by atoms with E-state index in [4.69, 9.17) is 0 Å². The van der Waals surface area contributed by atoms with E-state index in [0.717, 1.165) is 50.1 Å². The second kappa shape index (κ2) is 6.10. The Morgan fingerprint density at radius 1 is 1.24 bits per heavy atom. The minimum atomic E-state index is 0.206. The first kappa shape index (κ1) is 12.5. The van der Waals surface area contributed by atoms with Gasteiger partial charge in [-0.15, -0.1) is 0 Å². The van der Waals surface area contributed by atoms with Crippen LogP contribution in [0.4, 0.5) is 0 Å². The first-order valence-electron chi connectivity index (χ1n) is 6.31. The number of hydrogen-bond acceptors (Lipinski definition) is 2. The van der Waals surface area contributed by atoms with E-state index in [1.807, 2.05) is 23.1 Å². The third kappa shape index (κ3) is 3.03. The SMILES string of the molecule is O=C1c2ccccc2CCCN1CCCCS. The fourth-order valence-corrected chi connectivity index (χ4v) is 2.53. The number of hydrogen-bond donors (Lipinski definition) is 1. The number of amides is 1. The van der Waals surface area contributed by atoms with Gasteiger partial charge in [0, 0.05) is 18.7 Å². The van der Waals surface area contributed by atoms with Gasteiger partial charge in [0.05, 0.1) is 0 Å². The van der Waals surface area contributed by atoms with Crippen LogP contribution >= 0.6 is 12.6 Å². The van der Waals surface area contributed by atoms with Crippen LogP contribution in [-0.2, 0) is 6.42 Å². The van der Waals surface area contributed by atoms with Crippen LogP contribution in [0.25, 0.3) is 0 Å². The van der Waals surface area contributed by atoms with Crippen LogP contribution in [0.1, 0.15) is 35.2 Å². The van der Waals surface area contributed by atoms with E-state index in [1.165, 1.54) is 5.56 Å². The average molecular weight is 249 g/mol. The van der Waals surface area contributed by atoms with Gasteiger partial charge in [0.15, 0.2) is 0 Å². The lowest BCUT2D eigenvalue weighted by molar-refractivity contribution is 0.0759. The zero-order valence-electron chi connectivity index (χ0n) is 10.1. The monoisotopic (exact) mass is 249 g/mol. The molecule has 0 saturated carbocycles. The summed E-state index contributed by atoms with van der Waals surface area (Å²) < 4.78 is 0. The van der Waals surface area contributed by atoms with E-state index in [1.54, 1.807) is 0 Å². The van der Waals surface area contributed by atoms with Gasteiger partial charge in [0.1, 0.15) is 0 Å². The highest BCUT2D eigenvalue weighted by molar-refractivity contribution is 7.80. The molecule has 0 saturated heterocycles. The molecule has 2 rings (SSSR count). The van der Waals surface area contributed by atoms with Crippen molar-refractivity contribution in [3.63, 3.8) is 0 Å². The van der Waals surface area contributed by atoms with E-state index >= 15 is 0 Å². The van der Waals surface area contributed by atoms with Crippen molar-refractivity contribution in [2.24, 2.45) is 0 Å². The molecule has 0 aliphatic carbocycles. The molecule has 0 aromatic heterocycles. The summed E-state index contributed by atoms with van der Waals surface area (Å²) in [4.78, 5) is 14.3. The van der Waals surface area contributed by atoms with Crippen molar-refractivity contribution < 1.29 is 4.79 Å². The lowest BCUT2D eigenvalue weighted by Gasteiger charge is -2.20. The maximum absolute atomic E-state index is 12.3. The molecule has 0 atom stereocenters. The molecule has 1 aromatic rings. The van der Waals surface area contributed by atoms with Crippen molar-refractivity contribution in [1.82, 2.24) is 4.90 Å². The van der Waals surface area contributed by atoms with Gasteiger partial charge in [-0.2, -0.15) is 12.6 Å². The normalized spacial score (nSPS) is 15.6. The summed E-state index contributed by atoms with van der Waals surface area (Å²) in [5.74, 6) is 1.11. The van der Waals surface area contributed by atoms with Crippen LogP contribution in [-0.4, -0.2) is 29.6 Å². The molecule has 0 bridgehead atoms. The summed E-state index contributed by atoms with van der Waals surface area (Å²) in [7, 11) is 0. The predicted molar refractivity (Wildman–Crippen MR) is 73.8 cm³/mol. The van der Waals surface area contributed by atoms with Crippen LogP contribution in [0, 0.1) is 0 Å². The standard InChI is InChI=1S/C14H19NOS/c16-14-13-8-2-1-6-12(13)7-5-10-15(14)9-3-4-11-17/h1-2,6,8,17H,3-5,7,9-11H2. The number of benzene rings is 1. The highest BCUT2D eigenvalue weighted by Gasteiger charge is 2.21. The van der Waals surface area contributed by atoms with Crippen LogP contribution < -0.4 is 0 Å². The molecule has 0 fully saturated rings. The van der Waals surface area contributed by atoms with Crippen LogP contribution in [0.3, 0.4) is 0 Å². The molecule has 1 heterocycles. The summed E-state index contributed by atoms with van der Waals surface area (Å²) in [5.41, 5.74) is 2.10. The highest BCUT2D eigenvalue weighted by atomic mass is 32.1. The second-order valence-electron chi connectivity index (χ2n) is 4.48. The van der Waals surface area contributed by atoms with Gasteiger partial charge in [-0.25, -0.2) is 0 Å². The van der Waals surface area contributed by atoms with E-state index in [-0.39, 0.29) is 5.91 Å². The fraction of sp³-hybridized carbons (Fsp3) is 0.500. The number of aryl methyl sites for hydroxylation is 1. The van der Waals surface area contributed by atoms with Crippen LogP contribution in [0.5, 0.6) is 0 Å². The van der Waals surface area contributed by atoms with Gasteiger partial charge in [-0.05, 0) is 43.1 Å². The second-order valence-corrected chi connectivity index (χ2v) is 4.93. The molecule has 0 radical (unpaired) electrons. The Hall–Kier alpha value is -0.960. The van der Waals surface area contributed by atoms with E-state index in [9.17, 15) is 4.79 Å². The van der Waals surface area contributed by atoms with Gasteiger partial charge in [0.25, 0.3) is 5.91 Å². The summed E-state index contributed by atoms with van der Waals surface area (Å²) in [6.45, 7) is 1.76. The third-order valence-corrected chi connectivity index (χ3v) is 3.56. The van der Waals surface area contributed by atoms with E-state index in [0.29, 0.717) is 0 Å². The van der Waals surface area contributed by atoms with Crippen molar-refractivity contribution in [1.29, 1.82) is 0 Å². The number of rotatable bonds is 4. The molecule has 1 aliphatic heterocycles. The maximum Gasteiger partial charge on any atom is 0.254 e. The summed E-state index contributed by atoms with van der Waals surface area (Å²) in [6.07, 6.45) is 4.22. The molecule has 0 N–H and O–H groups in total. The smallest absolute Gasteiger partial charge is 0.254 e. The highest BCUT2D eigenvalue weighted by Crippen LogP contribution is 2.18. The molecule has 17 heavy (non-hydrogen) atoms. The number of carbonyl (C=O) groups excluding carboxylic acids is 1. The number of fused-ring (bicyclic) bond motifs is 1. The predicted octanol–water partition coefficient (Wildman–Crippen LogP) is 2.79. The topological polar surface area (TPSA) is 20.3 Å². The number of thiol groups is 1. The van der Waals surface area contributed by atoms with Crippen molar-refractivity contribution in [2.75, 3.05) is 18.8 Å². The number of nitrogens with zero attached hydrogens (tertiary/aromatic N) is 1. The van der Waals surface area contributed by atoms with Crippen molar-refractivity contribution in [2.45, 2.75) is 25.7 Å². The fourth-order valence-electron chi connectivity index (χ4n) is 2.31. The quantitative estimate of drug-likeness (QED) is 0.642. The van der Waals surface area contributed by atoms with E-state index in [2.05, 4.69) is 18.7 Å². The van der Waals surface area contributed by atoms with Gasteiger partial charge in [-0.1, -0.05) is 18.2 Å².